The molecule has 0 aromatic heterocycles. The lowest BCUT2D eigenvalue weighted by Crippen LogP contribution is -2.31. The average molecular weight is 388 g/mol. The first-order chi connectivity index (χ1) is 13.1. The van der Waals surface area contributed by atoms with Crippen LogP contribution in [-0.4, -0.2) is 38.3 Å². The minimum absolute atomic E-state index is 0.113. The first-order valence-electron chi connectivity index (χ1n) is 9.14. The number of anilines is 1. The van der Waals surface area contributed by atoms with E-state index in [4.69, 9.17) is 4.74 Å². The van der Waals surface area contributed by atoms with Gasteiger partial charge in [0.15, 0.2) is 6.61 Å². The van der Waals surface area contributed by atoms with E-state index in [1.165, 1.54) is 12.1 Å². The van der Waals surface area contributed by atoms with E-state index in [2.05, 4.69) is 5.32 Å². The number of nitrogens with one attached hydrogen (secondary N) is 1. The van der Waals surface area contributed by atoms with Gasteiger partial charge in [0.05, 0.1) is 4.90 Å². The zero-order valence-corrected chi connectivity index (χ0v) is 16.0. The summed E-state index contributed by atoms with van der Waals surface area (Å²) in [6, 6.07) is 15.4. The molecule has 1 heterocycles. The first kappa shape index (κ1) is 19.4. The van der Waals surface area contributed by atoms with Gasteiger partial charge in [0, 0.05) is 18.8 Å². The summed E-state index contributed by atoms with van der Waals surface area (Å²) in [4.78, 5) is 12.2. The quantitative estimate of drug-likeness (QED) is 0.824. The number of hydrogen-bond donors (Lipinski definition) is 1. The van der Waals surface area contributed by atoms with Crippen LogP contribution in [0.25, 0.3) is 0 Å². The van der Waals surface area contributed by atoms with Crippen LogP contribution >= 0.6 is 0 Å². The van der Waals surface area contributed by atoms with Crippen molar-refractivity contribution in [1.29, 1.82) is 0 Å². The minimum atomic E-state index is -3.48. The Bertz CT molecular complexity index is 843. The highest BCUT2D eigenvalue weighted by Crippen LogP contribution is 2.21. The number of hydrogen-bond acceptors (Lipinski definition) is 4. The summed E-state index contributed by atoms with van der Waals surface area (Å²) in [5.41, 5.74) is 0.534. The third-order valence-corrected chi connectivity index (χ3v) is 6.37. The largest absolute Gasteiger partial charge is 0.484 e. The Morgan fingerprint density at radius 3 is 2.19 bits per heavy atom. The number of carbonyl (C=O) groups is 1. The molecule has 0 radical (unpaired) electrons. The second kappa shape index (κ2) is 9.01. The lowest BCUT2D eigenvalue weighted by molar-refractivity contribution is -0.118. The van der Waals surface area contributed by atoms with E-state index in [-0.39, 0.29) is 17.4 Å². The third-order valence-electron chi connectivity index (χ3n) is 4.45. The molecule has 144 valence electrons. The Kier molecular flexibility index (Phi) is 6.47. The molecule has 1 fully saturated rings. The fourth-order valence-corrected chi connectivity index (χ4v) is 4.52. The molecule has 1 aliphatic heterocycles. The molecule has 0 spiro atoms. The van der Waals surface area contributed by atoms with Gasteiger partial charge in [-0.3, -0.25) is 4.79 Å². The smallest absolute Gasteiger partial charge is 0.262 e. The first-order valence-corrected chi connectivity index (χ1v) is 10.6. The van der Waals surface area contributed by atoms with Crippen LogP contribution in [0.15, 0.2) is 59.5 Å². The number of benzene rings is 2. The van der Waals surface area contributed by atoms with Crippen molar-refractivity contribution in [2.45, 2.75) is 30.6 Å². The molecule has 2 aromatic carbocycles. The molecule has 7 heteroatoms. The number of nitrogens with zero attached hydrogens (tertiary/aromatic N) is 1. The van der Waals surface area contributed by atoms with Gasteiger partial charge in [-0.05, 0) is 49.2 Å². The third kappa shape index (κ3) is 5.30. The molecule has 1 aliphatic rings. The summed E-state index contributed by atoms with van der Waals surface area (Å²) >= 11 is 0. The maximum atomic E-state index is 12.8. The summed E-state index contributed by atoms with van der Waals surface area (Å²) in [7, 11) is -3.48. The van der Waals surface area contributed by atoms with Crippen LogP contribution in [0.5, 0.6) is 5.75 Å². The molecule has 1 N–H and O–H groups in total. The van der Waals surface area contributed by atoms with Gasteiger partial charge < -0.3 is 10.1 Å². The van der Waals surface area contributed by atoms with E-state index in [1.54, 1.807) is 28.6 Å². The SMILES string of the molecule is O=C(COc1ccccc1)Nc1ccc(S(=O)(=O)N2CCCCCC2)cc1. The molecule has 2 aromatic rings. The second-order valence-electron chi connectivity index (χ2n) is 6.49. The highest BCUT2D eigenvalue weighted by Gasteiger charge is 2.24. The molecule has 27 heavy (non-hydrogen) atoms. The maximum Gasteiger partial charge on any atom is 0.262 e. The van der Waals surface area contributed by atoms with Gasteiger partial charge in [0.25, 0.3) is 5.91 Å². The summed E-state index contributed by atoms with van der Waals surface area (Å²) in [6.07, 6.45) is 3.94. The van der Waals surface area contributed by atoms with E-state index in [0.717, 1.165) is 25.7 Å². The Labute approximate surface area is 160 Å². The summed E-state index contributed by atoms with van der Waals surface area (Å²) < 4.78 is 32.5. The van der Waals surface area contributed by atoms with Crippen LogP contribution in [0.3, 0.4) is 0 Å². The molecule has 0 bridgehead atoms. The van der Waals surface area contributed by atoms with E-state index in [9.17, 15) is 13.2 Å². The Balaban J connectivity index is 1.58. The fourth-order valence-electron chi connectivity index (χ4n) is 3.00. The van der Waals surface area contributed by atoms with Crippen molar-refractivity contribution in [2.75, 3.05) is 25.0 Å². The normalized spacial score (nSPS) is 15.7. The van der Waals surface area contributed by atoms with Gasteiger partial charge in [0.2, 0.25) is 10.0 Å². The van der Waals surface area contributed by atoms with Crippen molar-refractivity contribution in [1.82, 2.24) is 4.31 Å². The molecular weight excluding hydrogens is 364 g/mol. The number of para-hydroxylation sites is 1. The number of ether oxygens (including phenoxy) is 1. The predicted molar refractivity (Wildman–Crippen MR) is 104 cm³/mol. The van der Waals surface area contributed by atoms with Crippen LogP contribution in [0.4, 0.5) is 5.69 Å². The Morgan fingerprint density at radius 2 is 1.56 bits per heavy atom. The van der Waals surface area contributed by atoms with Crippen LogP contribution in [0, 0.1) is 0 Å². The van der Waals surface area contributed by atoms with Gasteiger partial charge in [0.1, 0.15) is 5.75 Å². The molecule has 0 unspecified atom stereocenters. The van der Waals surface area contributed by atoms with Crippen LogP contribution in [-0.2, 0) is 14.8 Å². The van der Waals surface area contributed by atoms with Crippen molar-refractivity contribution in [3.63, 3.8) is 0 Å². The van der Waals surface area contributed by atoms with Gasteiger partial charge in [-0.25, -0.2) is 8.42 Å². The monoisotopic (exact) mass is 388 g/mol. The summed E-state index contributed by atoms with van der Waals surface area (Å²) in [5, 5.41) is 2.71. The van der Waals surface area contributed by atoms with Crippen molar-refractivity contribution in [2.24, 2.45) is 0 Å². The highest BCUT2D eigenvalue weighted by molar-refractivity contribution is 7.89. The fraction of sp³-hybridized carbons (Fsp3) is 0.350. The zero-order valence-electron chi connectivity index (χ0n) is 15.1. The number of rotatable bonds is 6. The molecule has 6 nitrogen and oxygen atoms in total. The van der Waals surface area contributed by atoms with Crippen LogP contribution in [0.1, 0.15) is 25.7 Å². The number of sulfonamides is 1. The topological polar surface area (TPSA) is 75.7 Å². The lowest BCUT2D eigenvalue weighted by Gasteiger charge is -2.20. The van der Waals surface area contributed by atoms with Gasteiger partial charge >= 0.3 is 0 Å². The molecule has 0 saturated carbocycles. The Hall–Kier alpha value is -2.38. The zero-order chi connectivity index (χ0) is 19.1. The molecule has 3 rings (SSSR count). The van der Waals surface area contributed by atoms with E-state index in [1.807, 2.05) is 18.2 Å². The van der Waals surface area contributed by atoms with Crippen molar-refractivity contribution >= 4 is 21.6 Å². The number of amides is 1. The molecule has 1 saturated heterocycles. The van der Waals surface area contributed by atoms with Gasteiger partial charge in [-0.15, -0.1) is 0 Å². The maximum absolute atomic E-state index is 12.8. The molecule has 1 amide bonds. The lowest BCUT2D eigenvalue weighted by atomic mass is 10.2. The van der Waals surface area contributed by atoms with E-state index in [0.29, 0.717) is 24.5 Å². The van der Waals surface area contributed by atoms with Crippen molar-refractivity contribution < 1.29 is 17.9 Å². The van der Waals surface area contributed by atoms with Crippen LogP contribution < -0.4 is 10.1 Å². The predicted octanol–water partition coefficient (Wildman–Crippen LogP) is 3.27. The van der Waals surface area contributed by atoms with E-state index < -0.39 is 10.0 Å². The summed E-state index contributed by atoms with van der Waals surface area (Å²) in [5.74, 6) is 0.313. The molecule has 0 aliphatic carbocycles. The van der Waals surface area contributed by atoms with Crippen molar-refractivity contribution in [3.8, 4) is 5.75 Å². The second-order valence-corrected chi connectivity index (χ2v) is 8.43. The Morgan fingerprint density at radius 1 is 0.926 bits per heavy atom. The summed E-state index contributed by atoms with van der Waals surface area (Å²) in [6.45, 7) is 1.02. The average Bonchev–Trinajstić information content (AvgIpc) is 2.98. The highest BCUT2D eigenvalue weighted by atomic mass is 32.2. The van der Waals surface area contributed by atoms with Gasteiger partial charge in [-0.2, -0.15) is 4.31 Å². The van der Waals surface area contributed by atoms with E-state index >= 15 is 0 Å². The molecular formula is C20H24N2O4S. The van der Waals surface area contributed by atoms with Gasteiger partial charge in [-0.1, -0.05) is 31.0 Å². The van der Waals surface area contributed by atoms with Crippen molar-refractivity contribution in [3.05, 3.63) is 54.6 Å². The minimum Gasteiger partial charge on any atom is -0.484 e. The van der Waals surface area contributed by atoms with Crippen LogP contribution in [0.2, 0.25) is 0 Å². The molecule has 0 atom stereocenters. The number of carbonyl (C=O) groups excluding carboxylic acids is 1. The standard InChI is InChI=1S/C20H24N2O4S/c23-20(16-26-18-8-4-3-5-9-18)21-17-10-12-19(13-11-17)27(24,25)22-14-6-1-2-7-15-22/h3-5,8-13H,1-2,6-7,14-16H2,(H,21,23).